The zero-order valence-electron chi connectivity index (χ0n) is 7.16. The van der Waals surface area contributed by atoms with E-state index in [2.05, 4.69) is 9.97 Å². The van der Waals surface area contributed by atoms with Gasteiger partial charge in [0.1, 0.15) is 0 Å². The number of halogens is 1. The Labute approximate surface area is 81.7 Å². The number of nitrogens with zero attached hydrogens (tertiary/aromatic N) is 3. The van der Waals surface area contributed by atoms with E-state index in [0.29, 0.717) is 6.42 Å². The van der Waals surface area contributed by atoms with Gasteiger partial charge in [0.25, 0.3) is 0 Å². The van der Waals surface area contributed by atoms with Crippen molar-refractivity contribution < 1.29 is 0 Å². The molecule has 4 heteroatoms. The predicted molar refractivity (Wildman–Crippen MR) is 51.0 cm³/mol. The average Bonchev–Trinajstić information content (AvgIpc) is 2.09. The number of aryl methyl sites for hydroxylation is 1. The first-order valence-corrected chi connectivity index (χ1v) is 4.14. The molecule has 0 N–H and O–H groups in total. The zero-order valence-corrected chi connectivity index (χ0v) is 7.91. The molecule has 1 rings (SSSR count). The predicted octanol–water partition coefficient (Wildman–Crippen LogP) is 2.37. The van der Waals surface area contributed by atoms with Crippen LogP contribution in [0.15, 0.2) is 12.3 Å². The van der Waals surface area contributed by atoms with Gasteiger partial charge in [0, 0.05) is 17.5 Å². The summed E-state index contributed by atoms with van der Waals surface area (Å²) in [5, 5.41) is 8.55. The van der Waals surface area contributed by atoms with E-state index in [-0.39, 0.29) is 5.28 Å². The van der Waals surface area contributed by atoms with Gasteiger partial charge in [-0.3, -0.25) is 0 Å². The number of nitriles is 1. The molecule has 0 radical (unpaired) electrons. The van der Waals surface area contributed by atoms with Crippen molar-refractivity contribution in [3.05, 3.63) is 28.8 Å². The third kappa shape index (κ3) is 2.85. The molecule has 0 bridgehead atoms. The number of hydrogen-bond donors (Lipinski definition) is 0. The van der Waals surface area contributed by atoms with E-state index < -0.39 is 0 Å². The minimum Gasteiger partial charge on any atom is -0.226 e. The van der Waals surface area contributed by atoms with Gasteiger partial charge in [-0.05, 0) is 18.5 Å². The lowest BCUT2D eigenvalue weighted by atomic mass is 10.2. The van der Waals surface area contributed by atoms with Gasteiger partial charge in [-0.2, -0.15) is 5.26 Å². The highest BCUT2D eigenvalue weighted by Crippen LogP contribution is 2.09. The highest BCUT2D eigenvalue weighted by Gasteiger charge is 1.96. The van der Waals surface area contributed by atoms with E-state index in [1.165, 1.54) is 0 Å². The van der Waals surface area contributed by atoms with Crippen molar-refractivity contribution >= 4 is 17.7 Å². The molecule has 0 aromatic carbocycles. The van der Waals surface area contributed by atoms with E-state index >= 15 is 0 Å². The van der Waals surface area contributed by atoms with Crippen molar-refractivity contribution in [3.8, 4) is 6.07 Å². The van der Waals surface area contributed by atoms with Crippen molar-refractivity contribution in [2.45, 2.75) is 13.3 Å². The maximum Gasteiger partial charge on any atom is 0.222 e. The summed E-state index contributed by atoms with van der Waals surface area (Å²) in [7, 11) is 0. The Balaban J connectivity index is 2.85. The Morgan fingerprint density at radius 2 is 2.46 bits per heavy atom. The monoisotopic (exact) mass is 193 g/mol. The van der Waals surface area contributed by atoms with Crippen LogP contribution in [-0.2, 0) is 0 Å². The Morgan fingerprint density at radius 1 is 1.69 bits per heavy atom. The highest BCUT2D eigenvalue weighted by molar-refractivity contribution is 6.28. The fraction of sp³-hybridized carbons (Fsp3) is 0.222. The molecule has 0 saturated carbocycles. The van der Waals surface area contributed by atoms with Crippen LogP contribution in [0.5, 0.6) is 0 Å². The average molecular weight is 194 g/mol. The first-order chi connectivity index (χ1) is 6.24. The van der Waals surface area contributed by atoms with Gasteiger partial charge in [-0.1, -0.05) is 12.2 Å². The lowest BCUT2D eigenvalue weighted by Gasteiger charge is -1.97. The molecule has 13 heavy (non-hydrogen) atoms. The molecule has 0 atom stereocenters. The number of hydrogen-bond acceptors (Lipinski definition) is 3. The second-order valence-electron chi connectivity index (χ2n) is 2.44. The van der Waals surface area contributed by atoms with Gasteiger partial charge in [0.05, 0.1) is 12.5 Å². The summed E-state index contributed by atoms with van der Waals surface area (Å²) in [6, 6.07) is 2.02. The molecule has 0 aliphatic carbocycles. The molecule has 0 amide bonds. The van der Waals surface area contributed by atoms with Crippen LogP contribution >= 0.6 is 11.6 Å². The first kappa shape index (κ1) is 9.69. The molecule has 0 aliphatic rings. The van der Waals surface area contributed by atoms with Crippen molar-refractivity contribution in [1.29, 1.82) is 5.26 Å². The molecule has 3 nitrogen and oxygen atoms in total. The number of aromatic nitrogens is 2. The van der Waals surface area contributed by atoms with Crippen LogP contribution < -0.4 is 0 Å². The number of rotatable bonds is 2. The van der Waals surface area contributed by atoms with Crippen LogP contribution in [0.4, 0.5) is 0 Å². The normalized spacial score (nSPS) is 10.2. The van der Waals surface area contributed by atoms with E-state index in [9.17, 15) is 0 Å². The molecule has 1 heterocycles. The first-order valence-electron chi connectivity index (χ1n) is 3.76. The molecule has 1 aromatic heterocycles. The third-order valence-corrected chi connectivity index (χ3v) is 1.68. The molecular weight excluding hydrogens is 186 g/mol. The summed E-state index contributed by atoms with van der Waals surface area (Å²) >= 11 is 5.58. The Morgan fingerprint density at radius 3 is 3.08 bits per heavy atom. The molecule has 0 saturated heterocycles. The van der Waals surface area contributed by atoms with Crippen molar-refractivity contribution in [1.82, 2.24) is 9.97 Å². The van der Waals surface area contributed by atoms with Gasteiger partial charge < -0.3 is 0 Å². The third-order valence-electron chi connectivity index (χ3n) is 1.49. The van der Waals surface area contributed by atoms with Crippen molar-refractivity contribution in [3.63, 3.8) is 0 Å². The largest absolute Gasteiger partial charge is 0.226 e. The quantitative estimate of drug-likeness (QED) is 0.678. The maximum atomic E-state index is 8.30. The van der Waals surface area contributed by atoms with Gasteiger partial charge >= 0.3 is 0 Å². The number of allylic oxidation sites excluding steroid dienone is 1. The topological polar surface area (TPSA) is 49.6 Å². The van der Waals surface area contributed by atoms with Gasteiger partial charge in [-0.25, -0.2) is 9.97 Å². The standard InChI is InChI=1S/C9H8ClN3/c1-7-8(4-2-3-5-11)6-12-9(10)13-7/h2,4,6H,3H2,1H3. The molecule has 1 aromatic rings. The minimum atomic E-state index is 0.245. The van der Waals surface area contributed by atoms with Gasteiger partial charge in [0.15, 0.2) is 0 Å². The second-order valence-corrected chi connectivity index (χ2v) is 2.78. The smallest absolute Gasteiger partial charge is 0.222 e. The van der Waals surface area contributed by atoms with E-state index in [1.807, 2.05) is 19.1 Å². The van der Waals surface area contributed by atoms with Crippen molar-refractivity contribution in [2.75, 3.05) is 0 Å². The Hall–Kier alpha value is -1.40. The Bertz CT molecular complexity index is 366. The fourth-order valence-electron chi connectivity index (χ4n) is 0.850. The Kier molecular flexibility index (Phi) is 3.41. The summed E-state index contributed by atoms with van der Waals surface area (Å²) in [6.45, 7) is 1.85. The van der Waals surface area contributed by atoms with Gasteiger partial charge in [0.2, 0.25) is 5.28 Å². The van der Waals surface area contributed by atoms with Crippen LogP contribution in [0.1, 0.15) is 17.7 Å². The minimum absolute atomic E-state index is 0.245. The van der Waals surface area contributed by atoms with Crippen LogP contribution in [0.3, 0.4) is 0 Å². The zero-order chi connectivity index (χ0) is 9.68. The summed E-state index contributed by atoms with van der Waals surface area (Å²) in [5.41, 5.74) is 1.70. The molecule has 0 fully saturated rings. The molecule has 0 unspecified atom stereocenters. The van der Waals surface area contributed by atoms with Crippen LogP contribution in [0.25, 0.3) is 6.08 Å². The molecular formula is C9H8ClN3. The molecule has 0 aliphatic heterocycles. The summed E-state index contributed by atoms with van der Waals surface area (Å²) in [5.74, 6) is 0. The lowest BCUT2D eigenvalue weighted by Crippen LogP contribution is -1.89. The van der Waals surface area contributed by atoms with E-state index in [0.717, 1.165) is 11.3 Å². The van der Waals surface area contributed by atoms with E-state index in [4.69, 9.17) is 16.9 Å². The highest BCUT2D eigenvalue weighted by atomic mass is 35.5. The van der Waals surface area contributed by atoms with Crippen molar-refractivity contribution in [2.24, 2.45) is 0 Å². The molecule has 0 spiro atoms. The fourth-order valence-corrected chi connectivity index (χ4v) is 1.03. The van der Waals surface area contributed by atoms with E-state index in [1.54, 1.807) is 12.3 Å². The molecule has 66 valence electrons. The summed E-state index contributed by atoms with van der Waals surface area (Å²) in [4.78, 5) is 7.81. The summed E-state index contributed by atoms with van der Waals surface area (Å²) in [6.07, 6.45) is 5.61. The lowest BCUT2D eigenvalue weighted by molar-refractivity contribution is 1.09. The SMILES string of the molecule is Cc1nc(Cl)ncc1C=CCC#N. The van der Waals surface area contributed by atoms with Crippen LogP contribution in [0, 0.1) is 18.3 Å². The van der Waals surface area contributed by atoms with Crippen LogP contribution in [0.2, 0.25) is 5.28 Å². The van der Waals surface area contributed by atoms with Crippen LogP contribution in [-0.4, -0.2) is 9.97 Å². The maximum absolute atomic E-state index is 8.30. The summed E-state index contributed by atoms with van der Waals surface area (Å²) < 4.78 is 0. The van der Waals surface area contributed by atoms with Gasteiger partial charge in [-0.15, -0.1) is 0 Å². The second kappa shape index (κ2) is 4.58.